The summed E-state index contributed by atoms with van der Waals surface area (Å²) in [5, 5.41) is 0. The molecule has 0 saturated carbocycles. The Balaban J connectivity index is 1.98. The van der Waals surface area contributed by atoms with Gasteiger partial charge in [-0.05, 0) is 30.2 Å². The van der Waals surface area contributed by atoms with Crippen molar-refractivity contribution in [1.29, 1.82) is 0 Å². The summed E-state index contributed by atoms with van der Waals surface area (Å²) in [6.07, 6.45) is 2.59. The summed E-state index contributed by atoms with van der Waals surface area (Å²) >= 11 is 0. The molecule has 0 aliphatic rings. The van der Waals surface area contributed by atoms with Gasteiger partial charge >= 0.3 is 0 Å². The van der Waals surface area contributed by atoms with Crippen molar-refractivity contribution in [2.75, 3.05) is 0 Å². The molecule has 1 N–H and O–H groups in total. The lowest BCUT2D eigenvalue weighted by atomic mass is 10.1. The Morgan fingerprint density at radius 3 is 2.82 bits per heavy atom. The van der Waals surface area contributed by atoms with Gasteiger partial charge in [0.25, 0.3) is 0 Å². The van der Waals surface area contributed by atoms with E-state index in [-0.39, 0.29) is 0 Å². The van der Waals surface area contributed by atoms with Gasteiger partial charge in [0.05, 0.1) is 5.52 Å². The third-order valence-corrected chi connectivity index (χ3v) is 2.93. The molecule has 0 aliphatic carbocycles. The highest BCUT2D eigenvalue weighted by Crippen LogP contribution is 2.14. The molecule has 84 valence electrons. The van der Waals surface area contributed by atoms with Crippen LogP contribution >= 0.6 is 0 Å². The molecule has 0 amide bonds. The minimum atomic E-state index is 0.788. The van der Waals surface area contributed by atoms with E-state index < -0.39 is 0 Å². The second kappa shape index (κ2) is 4.01. The van der Waals surface area contributed by atoms with Crippen molar-refractivity contribution in [2.45, 2.75) is 13.3 Å². The van der Waals surface area contributed by atoms with Crippen molar-refractivity contribution in [3.8, 4) is 0 Å². The molecule has 3 nitrogen and oxygen atoms in total. The Bertz CT molecular complexity index is 622. The molecule has 0 atom stereocenters. The van der Waals surface area contributed by atoms with Crippen LogP contribution in [-0.2, 0) is 6.42 Å². The quantitative estimate of drug-likeness (QED) is 0.725. The number of aromatic amines is 1. The highest BCUT2D eigenvalue weighted by molar-refractivity contribution is 5.69. The van der Waals surface area contributed by atoms with Gasteiger partial charge < -0.3 is 4.98 Å². The van der Waals surface area contributed by atoms with E-state index in [1.54, 1.807) is 6.20 Å². The molecule has 1 aromatic carbocycles. The summed E-state index contributed by atoms with van der Waals surface area (Å²) < 4.78 is 0. The van der Waals surface area contributed by atoms with Gasteiger partial charge in [0.15, 0.2) is 5.65 Å². The number of rotatable bonds is 2. The van der Waals surface area contributed by atoms with Gasteiger partial charge in [-0.3, -0.25) is 0 Å². The van der Waals surface area contributed by atoms with E-state index in [0.29, 0.717) is 0 Å². The average molecular weight is 223 g/mol. The molecular formula is C14H13N3. The molecule has 17 heavy (non-hydrogen) atoms. The summed E-state index contributed by atoms with van der Waals surface area (Å²) in [4.78, 5) is 12.0. The molecule has 3 aromatic rings. The molecule has 0 spiro atoms. The van der Waals surface area contributed by atoms with Crippen LogP contribution < -0.4 is 0 Å². The van der Waals surface area contributed by atoms with E-state index in [2.05, 4.69) is 46.1 Å². The zero-order chi connectivity index (χ0) is 11.7. The molecule has 2 aromatic heterocycles. The Labute approximate surface area is 99.5 Å². The molecular weight excluding hydrogens is 210 g/mol. The SMILES string of the molecule is Cc1ccccc1Cc1nc2ncccc2[nH]1. The van der Waals surface area contributed by atoms with Crippen molar-refractivity contribution in [2.24, 2.45) is 0 Å². The second-order valence-corrected chi connectivity index (χ2v) is 4.16. The second-order valence-electron chi connectivity index (χ2n) is 4.16. The van der Waals surface area contributed by atoms with Crippen LogP contribution in [-0.4, -0.2) is 15.0 Å². The lowest BCUT2D eigenvalue weighted by Crippen LogP contribution is -1.93. The largest absolute Gasteiger partial charge is 0.340 e. The van der Waals surface area contributed by atoms with Crippen LogP contribution in [0.25, 0.3) is 11.2 Å². The number of nitrogens with zero attached hydrogens (tertiary/aromatic N) is 2. The maximum atomic E-state index is 4.48. The summed E-state index contributed by atoms with van der Waals surface area (Å²) in [6.45, 7) is 2.12. The minimum absolute atomic E-state index is 0.788. The van der Waals surface area contributed by atoms with Crippen molar-refractivity contribution in [3.05, 3.63) is 59.5 Å². The molecule has 0 unspecified atom stereocenters. The van der Waals surface area contributed by atoms with Crippen LogP contribution in [0.5, 0.6) is 0 Å². The minimum Gasteiger partial charge on any atom is -0.340 e. The first-order valence-corrected chi connectivity index (χ1v) is 5.67. The van der Waals surface area contributed by atoms with E-state index in [0.717, 1.165) is 23.4 Å². The zero-order valence-corrected chi connectivity index (χ0v) is 9.64. The van der Waals surface area contributed by atoms with E-state index in [4.69, 9.17) is 0 Å². The lowest BCUT2D eigenvalue weighted by Gasteiger charge is -2.02. The Morgan fingerprint density at radius 1 is 1.12 bits per heavy atom. The maximum absolute atomic E-state index is 4.48. The molecule has 2 heterocycles. The smallest absolute Gasteiger partial charge is 0.177 e. The highest BCUT2D eigenvalue weighted by Gasteiger charge is 2.05. The third-order valence-electron chi connectivity index (χ3n) is 2.93. The van der Waals surface area contributed by atoms with Crippen molar-refractivity contribution in [3.63, 3.8) is 0 Å². The normalized spacial score (nSPS) is 10.9. The van der Waals surface area contributed by atoms with E-state index in [9.17, 15) is 0 Å². The predicted octanol–water partition coefficient (Wildman–Crippen LogP) is 2.86. The Kier molecular flexibility index (Phi) is 2.37. The number of hydrogen-bond donors (Lipinski definition) is 1. The molecule has 3 heteroatoms. The first-order chi connectivity index (χ1) is 8.33. The fraction of sp³-hybridized carbons (Fsp3) is 0.143. The summed E-state index contributed by atoms with van der Waals surface area (Å²) in [6, 6.07) is 12.3. The average Bonchev–Trinajstić information content (AvgIpc) is 2.74. The number of benzene rings is 1. The summed E-state index contributed by atoms with van der Waals surface area (Å²) in [7, 11) is 0. The number of hydrogen-bond acceptors (Lipinski definition) is 2. The number of imidazole rings is 1. The van der Waals surface area contributed by atoms with Gasteiger partial charge in [-0.1, -0.05) is 24.3 Å². The first-order valence-electron chi connectivity index (χ1n) is 5.67. The molecule has 3 rings (SSSR count). The number of H-pyrrole nitrogens is 1. The standard InChI is InChI=1S/C14H13N3/c1-10-5-2-3-6-11(10)9-13-16-12-7-4-8-15-14(12)17-13/h2-8H,9H2,1H3,(H,15,16,17). The Hall–Kier alpha value is -2.16. The van der Waals surface area contributed by atoms with Gasteiger partial charge in [-0.25, -0.2) is 9.97 Å². The van der Waals surface area contributed by atoms with E-state index in [1.807, 2.05) is 12.1 Å². The molecule has 0 fully saturated rings. The van der Waals surface area contributed by atoms with Crippen molar-refractivity contribution >= 4 is 11.2 Å². The summed E-state index contributed by atoms with van der Waals surface area (Å²) in [5.74, 6) is 0.966. The monoisotopic (exact) mass is 223 g/mol. The van der Waals surface area contributed by atoms with E-state index in [1.165, 1.54) is 11.1 Å². The van der Waals surface area contributed by atoms with Crippen LogP contribution in [0, 0.1) is 6.92 Å². The number of aromatic nitrogens is 3. The van der Waals surface area contributed by atoms with E-state index >= 15 is 0 Å². The van der Waals surface area contributed by atoms with Crippen molar-refractivity contribution in [1.82, 2.24) is 15.0 Å². The molecule has 0 saturated heterocycles. The Morgan fingerprint density at radius 2 is 2.00 bits per heavy atom. The first kappa shape index (κ1) is 10.0. The number of nitrogens with one attached hydrogen (secondary N) is 1. The van der Waals surface area contributed by atoms with Gasteiger partial charge in [0.1, 0.15) is 5.82 Å². The molecule has 0 bridgehead atoms. The number of pyridine rings is 1. The maximum Gasteiger partial charge on any atom is 0.177 e. The van der Waals surface area contributed by atoms with Gasteiger partial charge in [-0.2, -0.15) is 0 Å². The zero-order valence-electron chi connectivity index (χ0n) is 9.64. The van der Waals surface area contributed by atoms with Gasteiger partial charge in [0, 0.05) is 12.6 Å². The topological polar surface area (TPSA) is 41.6 Å². The van der Waals surface area contributed by atoms with Crippen LogP contribution in [0.1, 0.15) is 17.0 Å². The fourth-order valence-corrected chi connectivity index (χ4v) is 1.97. The molecule has 0 aliphatic heterocycles. The van der Waals surface area contributed by atoms with Crippen LogP contribution in [0.2, 0.25) is 0 Å². The van der Waals surface area contributed by atoms with Crippen molar-refractivity contribution < 1.29 is 0 Å². The lowest BCUT2D eigenvalue weighted by molar-refractivity contribution is 1.02. The van der Waals surface area contributed by atoms with Crippen LogP contribution in [0.15, 0.2) is 42.6 Å². The summed E-state index contributed by atoms with van der Waals surface area (Å²) in [5.41, 5.74) is 4.37. The third kappa shape index (κ3) is 1.91. The highest BCUT2D eigenvalue weighted by atomic mass is 15.0. The van der Waals surface area contributed by atoms with Gasteiger partial charge in [-0.15, -0.1) is 0 Å². The van der Waals surface area contributed by atoms with Crippen LogP contribution in [0.3, 0.4) is 0 Å². The number of aryl methyl sites for hydroxylation is 1. The number of fused-ring (bicyclic) bond motifs is 1. The van der Waals surface area contributed by atoms with Gasteiger partial charge in [0.2, 0.25) is 0 Å². The van der Waals surface area contributed by atoms with Crippen LogP contribution in [0.4, 0.5) is 0 Å². The molecule has 0 radical (unpaired) electrons. The predicted molar refractivity (Wildman–Crippen MR) is 67.9 cm³/mol. The fourth-order valence-electron chi connectivity index (χ4n) is 1.97.